The number of likely N-dealkylation sites (tertiary alicyclic amines) is 1. The second-order valence-corrected chi connectivity index (χ2v) is 11.2. The summed E-state index contributed by atoms with van der Waals surface area (Å²) in [5.74, 6) is -0.539. The van der Waals surface area contributed by atoms with Gasteiger partial charge in [-0.1, -0.05) is 47.6 Å². The number of amides is 1. The molecular weight excluding hydrogens is 424 g/mol. The molecule has 0 spiro atoms. The lowest BCUT2D eigenvalue weighted by molar-refractivity contribution is -0.150. The summed E-state index contributed by atoms with van der Waals surface area (Å²) in [4.78, 5) is 32.8. The van der Waals surface area contributed by atoms with Gasteiger partial charge in [0.2, 0.25) is 0 Å². The predicted octanol–water partition coefficient (Wildman–Crippen LogP) is 5.54. The first-order chi connectivity index (χ1) is 14.9. The van der Waals surface area contributed by atoms with Crippen LogP contribution in [0.3, 0.4) is 0 Å². The summed E-state index contributed by atoms with van der Waals surface area (Å²) in [6.07, 6.45) is 2.49. The van der Waals surface area contributed by atoms with E-state index in [2.05, 4.69) is 25.8 Å². The van der Waals surface area contributed by atoms with Gasteiger partial charge in [0, 0.05) is 17.1 Å². The van der Waals surface area contributed by atoms with Crippen molar-refractivity contribution in [2.24, 2.45) is 11.8 Å². The number of carboxylic acid groups (broad SMARTS) is 1. The molecule has 1 aromatic carbocycles. The number of carbonyl (C=O) groups is 2. The number of rotatable bonds is 6. The molecular formula is C25H34N2O4S. The Kier molecular flexibility index (Phi) is 6.70. The molecule has 0 saturated carbocycles. The first-order valence-corrected chi connectivity index (χ1v) is 11.9. The monoisotopic (exact) mass is 458 g/mol. The van der Waals surface area contributed by atoms with E-state index in [9.17, 15) is 14.7 Å². The minimum absolute atomic E-state index is 0.0318. The van der Waals surface area contributed by atoms with Crippen molar-refractivity contribution in [3.8, 4) is 5.75 Å². The molecule has 1 N–H and O–H groups in total. The van der Waals surface area contributed by atoms with Gasteiger partial charge in [-0.15, -0.1) is 11.3 Å². The highest BCUT2D eigenvalue weighted by Gasteiger charge is 2.58. The van der Waals surface area contributed by atoms with Crippen LogP contribution in [0, 0.1) is 11.8 Å². The Morgan fingerprint density at radius 3 is 2.53 bits per heavy atom. The molecule has 7 heteroatoms. The molecule has 3 atom stereocenters. The van der Waals surface area contributed by atoms with Gasteiger partial charge in [-0.3, -0.25) is 4.79 Å². The van der Waals surface area contributed by atoms with E-state index < -0.39 is 11.5 Å². The number of carbonyl (C=O) groups excluding carboxylic acids is 1. The second kappa shape index (κ2) is 8.85. The fourth-order valence-electron chi connectivity index (χ4n) is 5.04. The van der Waals surface area contributed by atoms with Crippen molar-refractivity contribution in [1.82, 2.24) is 9.88 Å². The number of benzene rings is 1. The van der Waals surface area contributed by atoms with E-state index in [0.717, 1.165) is 10.6 Å². The summed E-state index contributed by atoms with van der Waals surface area (Å²) >= 11 is 1.46. The SMILES string of the molecule is COc1cc(C(=O)N2C(c3nccs3)[C@H](C)C[C@@]2(CC(C)C)C(=O)O)ccc1C(C)(C)C. The maximum absolute atomic E-state index is 14.0. The number of nitrogens with zero attached hydrogens (tertiary/aromatic N) is 2. The first kappa shape index (κ1) is 24.2. The third-order valence-electron chi connectivity index (χ3n) is 6.26. The Labute approximate surface area is 194 Å². The van der Waals surface area contributed by atoms with E-state index in [1.165, 1.54) is 11.3 Å². The van der Waals surface area contributed by atoms with E-state index in [1.54, 1.807) is 30.3 Å². The van der Waals surface area contributed by atoms with E-state index in [-0.39, 0.29) is 29.2 Å². The lowest BCUT2D eigenvalue weighted by Crippen LogP contribution is -2.54. The maximum atomic E-state index is 14.0. The Morgan fingerprint density at radius 2 is 2.03 bits per heavy atom. The number of hydrogen-bond donors (Lipinski definition) is 1. The zero-order valence-electron chi connectivity index (χ0n) is 20.0. The molecule has 0 bridgehead atoms. The average Bonchev–Trinajstić information content (AvgIpc) is 3.32. The van der Waals surface area contributed by atoms with Crippen LogP contribution in [0.2, 0.25) is 0 Å². The largest absolute Gasteiger partial charge is 0.496 e. The van der Waals surface area contributed by atoms with Crippen LogP contribution >= 0.6 is 11.3 Å². The van der Waals surface area contributed by atoms with Crippen LogP contribution in [0.15, 0.2) is 29.8 Å². The summed E-state index contributed by atoms with van der Waals surface area (Å²) in [7, 11) is 1.59. The molecule has 1 aliphatic heterocycles. The summed E-state index contributed by atoms with van der Waals surface area (Å²) in [5, 5.41) is 13.1. The van der Waals surface area contributed by atoms with Crippen molar-refractivity contribution < 1.29 is 19.4 Å². The van der Waals surface area contributed by atoms with Crippen molar-refractivity contribution in [3.05, 3.63) is 45.9 Å². The van der Waals surface area contributed by atoms with Gasteiger partial charge in [0.15, 0.2) is 0 Å². The van der Waals surface area contributed by atoms with Crippen molar-refractivity contribution in [3.63, 3.8) is 0 Å². The molecule has 32 heavy (non-hydrogen) atoms. The van der Waals surface area contributed by atoms with Crippen LogP contribution in [0.25, 0.3) is 0 Å². The fourth-order valence-corrected chi connectivity index (χ4v) is 5.90. The van der Waals surface area contributed by atoms with Crippen LogP contribution in [-0.4, -0.2) is 39.5 Å². The number of aliphatic carboxylic acids is 1. The standard InChI is InChI=1S/C25H34N2O4S/c1-15(2)13-25(23(29)30)14-16(3)20(21-26-10-11-32-21)27(25)22(28)17-8-9-18(24(4,5)6)19(12-17)31-7/h8-12,15-16,20H,13-14H2,1-7H3,(H,29,30)/t16-,20?,25+/m1/s1. The maximum Gasteiger partial charge on any atom is 0.329 e. The number of ether oxygens (including phenoxy) is 1. The molecule has 3 rings (SSSR count). The van der Waals surface area contributed by atoms with E-state index in [0.29, 0.717) is 24.2 Å². The summed E-state index contributed by atoms with van der Waals surface area (Å²) in [6, 6.07) is 5.06. The number of hydrogen-bond acceptors (Lipinski definition) is 5. The minimum atomic E-state index is -1.28. The van der Waals surface area contributed by atoms with Crippen molar-refractivity contribution in [2.45, 2.75) is 71.4 Å². The number of thiazole rings is 1. The lowest BCUT2D eigenvalue weighted by atomic mass is 9.83. The molecule has 1 aliphatic rings. The first-order valence-electron chi connectivity index (χ1n) is 11.1. The second-order valence-electron chi connectivity index (χ2n) is 10.3. The fraction of sp³-hybridized carbons (Fsp3) is 0.560. The van der Waals surface area contributed by atoms with Crippen LogP contribution < -0.4 is 4.74 Å². The Morgan fingerprint density at radius 1 is 1.34 bits per heavy atom. The van der Waals surface area contributed by atoms with Gasteiger partial charge >= 0.3 is 5.97 Å². The van der Waals surface area contributed by atoms with Gasteiger partial charge in [0.1, 0.15) is 16.3 Å². The zero-order valence-corrected chi connectivity index (χ0v) is 20.8. The molecule has 0 radical (unpaired) electrons. The zero-order chi connectivity index (χ0) is 23.8. The van der Waals surface area contributed by atoms with E-state index in [4.69, 9.17) is 4.74 Å². The minimum Gasteiger partial charge on any atom is -0.496 e. The van der Waals surface area contributed by atoms with Crippen LogP contribution in [0.5, 0.6) is 5.75 Å². The summed E-state index contributed by atoms with van der Waals surface area (Å²) in [5.41, 5.74) is -0.00728. The molecule has 1 amide bonds. The smallest absolute Gasteiger partial charge is 0.329 e. The molecule has 2 aromatic rings. The van der Waals surface area contributed by atoms with Gasteiger partial charge in [-0.05, 0) is 47.8 Å². The van der Waals surface area contributed by atoms with Gasteiger partial charge in [-0.25, -0.2) is 9.78 Å². The predicted molar refractivity (Wildman–Crippen MR) is 126 cm³/mol. The Hall–Kier alpha value is -2.41. The number of aromatic nitrogens is 1. The molecule has 1 fully saturated rings. The molecule has 1 saturated heterocycles. The van der Waals surface area contributed by atoms with E-state index in [1.807, 2.05) is 32.2 Å². The van der Waals surface area contributed by atoms with E-state index >= 15 is 0 Å². The highest BCUT2D eigenvalue weighted by molar-refractivity contribution is 7.09. The molecule has 1 unspecified atom stereocenters. The molecule has 0 aliphatic carbocycles. The molecule has 1 aromatic heterocycles. The molecule has 174 valence electrons. The quantitative estimate of drug-likeness (QED) is 0.615. The summed E-state index contributed by atoms with van der Waals surface area (Å²) < 4.78 is 5.61. The van der Waals surface area contributed by atoms with Crippen molar-refractivity contribution in [2.75, 3.05) is 7.11 Å². The molecule has 2 heterocycles. The van der Waals surface area contributed by atoms with Gasteiger partial charge in [-0.2, -0.15) is 0 Å². The summed E-state index contributed by atoms with van der Waals surface area (Å²) in [6.45, 7) is 12.3. The average molecular weight is 459 g/mol. The van der Waals surface area contributed by atoms with Gasteiger partial charge in [0.05, 0.1) is 13.2 Å². The van der Waals surface area contributed by atoms with Crippen molar-refractivity contribution in [1.29, 1.82) is 0 Å². The van der Waals surface area contributed by atoms with Gasteiger partial charge in [0.25, 0.3) is 5.91 Å². The lowest BCUT2D eigenvalue weighted by Gasteiger charge is -2.39. The molecule has 6 nitrogen and oxygen atoms in total. The van der Waals surface area contributed by atoms with Crippen LogP contribution in [0.4, 0.5) is 0 Å². The van der Waals surface area contributed by atoms with Gasteiger partial charge < -0.3 is 14.7 Å². The Bertz CT molecular complexity index is 980. The third kappa shape index (κ3) is 4.27. The Balaban J connectivity index is 2.16. The number of methoxy groups -OCH3 is 1. The van der Waals surface area contributed by atoms with Crippen molar-refractivity contribution >= 4 is 23.2 Å². The normalized spacial score (nSPS) is 23.6. The van der Waals surface area contributed by atoms with Crippen LogP contribution in [-0.2, 0) is 10.2 Å². The highest BCUT2D eigenvalue weighted by Crippen LogP contribution is 2.50. The number of carboxylic acids is 1. The third-order valence-corrected chi connectivity index (χ3v) is 7.11. The topological polar surface area (TPSA) is 79.7 Å². The van der Waals surface area contributed by atoms with Crippen LogP contribution in [0.1, 0.15) is 81.4 Å². The highest BCUT2D eigenvalue weighted by atomic mass is 32.1.